The van der Waals surface area contributed by atoms with Crippen molar-refractivity contribution < 1.29 is 28.9 Å². The maximum Gasteiger partial charge on any atom is 0.343 e. The molecule has 45 heavy (non-hydrogen) atoms. The lowest BCUT2D eigenvalue weighted by Gasteiger charge is -2.46. The van der Waals surface area contributed by atoms with Crippen LogP contribution in [-0.2, 0) is 36.5 Å². The first-order valence-corrected chi connectivity index (χ1v) is 16.5. The van der Waals surface area contributed by atoms with Crippen molar-refractivity contribution in [3.63, 3.8) is 0 Å². The van der Waals surface area contributed by atoms with E-state index in [0.717, 1.165) is 49.4 Å². The van der Waals surface area contributed by atoms with Gasteiger partial charge in [-0.3, -0.25) is 4.79 Å². The van der Waals surface area contributed by atoms with Crippen LogP contribution >= 0.6 is 11.6 Å². The number of hydrogen-bond acceptors (Lipinski definition) is 7. The summed E-state index contributed by atoms with van der Waals surface area (Å²) in [7, 11) is 4.71. The van der Waals surface area contributed by atoms with Crippen molar-refractivity contribution in [1.29, 1.82) is 0 Å². The number of hydrogen-bond donors (Lipinski definition) is 1. The molecule has 2 aliphatic heterocycles. The summed E-state index contributed by atoms with van der Waals surface area (Å²) in [6, 6.07) is 11.6. The van der Waals surface area contributed by atoms with Gasteiger partial charge in [0, 0.05) is 44.2 Å². The molecule has 2 aromatic carbocycles. The molecule has 2 heterocycles. The molecular weight excluding hydrogens is 592 g/mol. The first-order valence-electron chi connectivity index (χ1n) is 16.1. The maximum atomic E-state index is 13.5. The Kier molecular flexibility index (Phi) is 8.94. The Morgan fingerprint density at radius 2 is 1.93 bits per heavy atom. The summed E-state index contributed by atoms with van der Waals surface area (Å²) in [5, 5.41) is 12.7. The second kappa shape index (κ2) is 12.6. The molecule has 2 aromatic rings. The number of nitrogens with zero attached hydrogens (tertiary/aromatic N) is 2. The van der Waals surface area contributed by atoms with E-state index < -0.39 is 18.0 Å². The zero-order chi connectivity index (χ0) is 31.9. The van der Waals surface area contributed by atoms with Crippen molar-refractivity contribution in [2.45, 2.75) is 62.6 Å². The van der Waals surface area contributed by atoms with Crippen molar-refractivity contribution in [2.24, 2.45) is 17.8 Å². The Morgan fingerprint density at radius 1 is 1.11 bits per heavy atom. The molecule has 1 amide bonds. The van der Waals surface area contributed by atoms with Gasteiger partial charge >= 0.3 is 5.97 Å². The second-order valence-corrected chi connectivity index (χ2v) is 14.1. The van der Waals surface area contributed by atoms with E-state index in [4.69, 9.17) is 25.8 Å². The molecule has 1 saturated carbocycles. The number of anilines is 1. The fourth-order valence-electron chi connectivity index (χ4n) is 8.01. The van der Waals surface area contributed by atoms with E-state index in [1.807, 2.05) is 18.2 Å². The van der Waals surface area contributed by atoms with E-state index in [0.29, 0.717) is 42.8 Å². The molecule has 9 heteroatoms. The fraction of sp³-hybridized carbons (Fsp3) is 0.556. The van der Waals surface area contributed by atoms with Crippen LogP contribution in [-0.4, -0.2) is 75.5 Å². The van der Waals surface area contributed by atoms with Crippen LogP contribution in [0.25, 0.3) is 0 Å². The molecule has 4 aliphatic rings. The first kappa shape index (κ1) is 31.9. The number of fused-ring (bicyclic) bond motifs is 4. The van der Waals surface area contributed by atoms with Crippen LogP contribution in [0.2, 0.25) is 5.02 Å². The standard InChI is InChI=1S/C36H45ClN2O6/c1-23-7-13-31(43-3)28-11-8-25(28)20-39-21-35(15-5-6-24-16-27(37)10-12-29(24)35)22-45-32-14-9-26(17-30(32)39)36(42,34(41)44-4)18-33(40)38(2)19-23/h7,9-10,12-14,16-17,23,25,28,31,42H,5-6,8,11,15,18-22H2,1-4H3/b13-7-/t23-,25+,28-,31+,35+,36-/m1/s1. The minimum atomic E-state index is -2.16. The van der Waals surface area contributed by atoms with Crippen molar-refractivity contribution in [2.75, 3.05) is 52.4 Å². The Labute approximate surface area is 271 Å². The topological polar surface area (TPSA) is 88.5 Å². The minimum absolute atomic E-state index is 0.0231. The van der Waals surface area contributed by atoms with E-state index in [-0.39, 0.29) is 23.3 Å². The molecule has 6 atom stereocenters. The Bertz CT molecular complexity index is 1480. The van der Waals surface area contributed by atoms with Crippen LogP contribution in [0.15, 0.2) is 48.6 Å². The van der Waals surface area contributed by atoms with E-state index in [1.54, 1.807) is 25.1 Å². The highest BCUT2D eigenvalue weighted by atomic mass is 35.5. The van der Waals surface area contributed by atoms with E-state index in [1.165, 1.54) is 18.2 Å². The third-order valence-corrected chi connectivity index (χ3v) is 10.9. The second-order valence-electron chi connectivity index (χ2n) is 13.7. The highest BCUT2D eigenvalue weighted by Crippen LogP contribution is 2.48. The number of rotatable bonds is 2. The molecule has 0 unspecified atom stereocenters. The number of carbonyl (C=O) groups excluding carboxylic acids is 2. The summed E-state index contributed by atoms with van der Waals surface area (Å²) >= 11 is 6.44. The Balaban J connectivity index is 1.47. The van der Waals surface area contributed by atoms with Crippen LogP contribution in [0.3, 0.4) is 0 Å². The van der Waals surface area contributed by atoms with Gasteiger partial charge in [-0.05, 0) is 90.8 Å². The number of methoxy groups -OCH3 is 2. The third kappa shape index (κ3) is 5.97. The van der Waals surface area contributed by atoms with Gasteiger partial charge in [0.15, 0.2) is 5.60 Å². The molecule has 1 N–H and O–H groups in total. The van der Waals surface area contributed by atoms with Gasteiger partial charge in [-0.1, -0.05) is 42.8 Å². The zero-order valence-corrected chi connectivity index (χ0v) is 27.5. The number of ether oxygens (including phenoxy) is 3. The highest BCUT2D eigenvalue weighted by molar-refractivity contribution is 6.30. The number of aryl methyl sites for hydroxylation is 1. The molecule has 1 spiro atoms. The number of carbonyl (C=O) groups is 2. The lowest BCUT2D eigenvalue weighted by molar-refractivity contribution is -0.168. The third-order valence-electron chi connectivity index (χ3n) is 10.7. The first-order chi connectivity index (χ1) is 21.6. The molecule has 0 saturated heterocycles. The van der Waals surface area contributed by atoms with Gasteiger partial charge in [0.2, 0.25) is 5.91 Å². The van der Waals surface area contributed by atoms with Gasteiger partial charge in [0.25, 0.3) is 0 Å². The summed E-state index contributed by atoms with van der Waals surface area (Å²) in [5.74, 6) is 0.269. The molecule has 1 fully saturated rings. The maximum absolute atomic E-state index is 13.5. The predicted octanol–water partition coefficient (Wildman–Crippen LogP) is 5.27. The Morgan fingerprint density at radius 3 is 2.67 bits per heavy atom. The van der Waals surface area contributed by atoms with Crippen LogP contribution in [0.5, 0.6) is 5.75 Å². The van der Waals surface area contributed by atoms with Crippen molar-refractivity contribution >= 4 is 29.2 Å². The van der Waals surface area contributed by atoms with Crippen LogP contribution in [0, 0.1) is 17.8 Å². The van der Waals surface area contributed by atoms with Gasteiger partial charge in [0.1, 0.15) is 5.75 Å². The van der Waals surface area contributed by atoms with E-state index >= 15 is 0 Å². The largest absolute Gasteiger partial charge is 0.490 e. The Hall–Kier alpha value is -3.07. The van der Waals surface area contributed by atoms with E-state index in [9.17, 15) is 14.7 Å². The number of benzene rings is 2. The van der Waals surface area contributed by atoms with Crippen LogP contribution in [0.4, 0.5) is 5.69 Å². The van der Waals surface area contributed by atoms with Gasteiger partial charge < -0.3 is 29.1 Å². The van der Waals surface area contributed by atoms with Crippen molar-refractivity contribution in [3.8, 4) is 5.75 Å². The zero-order valence-electron chi connectivity index (χ0n) is 26.8. The summed E-state index contributed by atoms with van der Waals surface area (Å²) in [5.41, 5.74) is 1.25. The van der Waals surface area contributed by atoms with E-state index in [2.05, 4.69) is 36.1 Å². The summed E-state index contributed by atoms with van der Waals surface area (Å²) < 4.78 is 17.7. The number of esters is 1. The monoisotopic (exact) mass is 636 g/mol. The van der Waals surface area contributed by atoms with Crippen molar-refractivity contribution in [3.05, 3.63) is 70.3 Å². The van der Waals surface area contributed by atoms with Crippen molar-refractivity contribution in [1.82, 2.24) is 4.90 Å². The van der Waals surface area contributed by atoms with Gasteiger partial charge in [-0.2, -0.15) is 0 Å². The molecular formula is C36H45ClN2O6. The quantitative estimate of drug-likeness (QED) is 0.355. The number of amides is 1. The average Bonchev–Trinajstić information content (AvgIpc) is 3.16. The van der Waals surface area contributed by atoms with Crippen LogP contribution < -0.4 is 9.64 Å². The average molecular weight is 637 g/mol. The minimum Gasteiger partial charge on any atom is -0.490 e. The van der Waals surface area contributed by atoms with Gasteiger partial charge in [-0.15, -0.1) is 0 Å². The smallest absolute Gasteiger partial charge is 0.343 e. The molecule has 8 nitrogen and oxygen atoms in total. The lowest BCUT2D eigenvalue weighted by atomic mass is 9.68. The summed E-state index contributed by atoms with van der Waals surface area (Å²) in [6.45, 7) is 4.49. The predicted molar refractivity (Wildman–Crippen MR) is 174 cm³/mol. The summed E-state index contributed by atoms with van der Waals surface area (Å²) in [6.07, 6.45) is 8.96. The molecule has 2 aliphatic carbocycles. The number of halogens is 1. The fourth-order valence-corrected chi connectivity index (χ4v) is 8.21. The van der Waals surface area contributed by atoms with Crippen LogP contribution in [0.1, 0.15) is 55.7 Å². The lowest BCUT2D eigenvalue weighted by Crippen LogP contribution is -2.49. The number of aliphatic hydroxyl groups is 1. The molecule has 0 aromatic heterocycles. The molecule has 0 radical (unpaired) electrons. The normalized spacial score (nSPS) is 32.4. The molecule has 6 rings (SSSR count). The highest BCUT2D eigenvalue weighted by Gasteiger charge is 2.46. The molecule has 242 valence electrons. The molecule has 2 bridgehead atoms. The SMILES string of the molecule is COC(=O)[C@@]1(O)CC(=O)N(C)C[C@H](C)/C=C\[C@H](OC)[C@@H]2CC[C@H]2CN2C[C@@]3(CCCc4cc(Cl)ccc43)COc3ccc1cc32. The van der Waals surface area contributed by atoms with Gasteiger partial charge in [-0.25, -0.2) is 4.79 Å². The van der Waals surface area contributed by atoms with Gasteiger partial charge in [0.05, 0.1) is 31.9 Å². The summed E-state index contributed by atoms with van der Waals surface area (Å²) in [4.78, 5) is 30.7.